The second-order valence-electron chi connectivity index (χ2n) is 7.84. The van der Waals surface area contributed by atoms with Crippen LogP contribution in [0.15, 0.2) is 57.7 Å². The molecule has 6 heteroatoms. The smallest absolute Gasteiger partial charge is 0.336 e. The summed E-state index contributed by atoms with van der Waals surface area (Å²) < 4.78 is 16.3. The third kappa shape index (κ3) is 5.15. The van der Waals surface area contributed by atoms with Crippen LogP contribution in [0.5, 0.6) is 5.75 Å². The first kappa shape index (κ1) is 21.6. The second kappa shape index (κ2) is 10.1. The van der Waals surface area contributed by atoms with Crippen LogP contribution in [0.25, 0.3) is 11.0 Å². The lowest BCUT2D eigenvalue weighted by atomic mass is 10.0. The van der Waals surface area contributed by atoms with Crippen molar-refractivity contribution in [3.05, 3.63) is 75.6 Å². The minimum atomic E-state index is -0.308. The van der Waals surface area contributed by atoms with Crippen LogP contribution in [0.2, 0.25) is 0 Å². The molecule has 164 valence electrons. The molecule has 3 aromatic rings. The standard InChI is InChI=1S/C25H30N2O4/c1-3-18-4-9-22-20(15-25(28)31-24(22)14-18)16-26-17-23(27-10-12-30-13-11-27)19-5-7-21(29-2)8-6-19/h4-9,14-15,23,26H,3,10-13,16-17H2,1-2H3/t23-/m1/s1. The Morgan fingerprint density at radius 3 is 2.58 bits per heavy atom. The molecule has 0 spiro atoms. The summed E-state index contributed by atoms with van der Waals surface area (Å²) in [5.41, 5.74) is 3.71. The molecule has 4 rings (SSSR count). The van der Waals surface area contributed by atoms with E-state index in [1.807, 2.05) is 18.2 Å². The minimum absolute atomic E-state index is 0.216. The van der Waals surface area contributed by atoms with Crippen molar-refractivity contribution < 1.29 is 13.9 Å². The van der Waals surface area contributed by atoms with E-state index in [9.17, 15) is 4.79 Å². The zero-order valence-corrected chi connectivity index (χ0v) is 18.2. The third-order valence-electron chi connectivity index (χ3n) is 5.94. The molecule has 1 N–H and O–H groups in total. The fraction of sp³-hybridized carbons (Fsp3) is 0.400. The first-order valence-corrected chi connectivity index (χ1v) is 10.9. The number of aryl methyl sites for hydroxylation is 1. The van der Waals surface area contributed by atoms with Crippen LogP contribution in [0, 0.1) is 0 Å². The highest BCUT2D eigenvalue weighted by Crippen LogP contribution is 2.24. The maximum absolute atomic E-state index is 12.1. The van der Waals surface area contributed by atoms with Crippen molar-refractivity contribution in [2.45, 2.75) is 25.9 Å². The van der Waals surface area contributed by atoms with Gasteiger partial charge in [-0.15, -0.1) is 0 Å². The fourth-order valence-corrected chi connectivity index (χ4v) is 4.16. The highest BCUT2D eigenvalue weighted by Gasteiger charge is 2.22. The molecular formula is C25H30N2O4. The fourth-order valence-electron chi connectivity index (χ4n) is 4.16. The highest BCUT2D eigenvalue weighted by atomic mass is 16.5. The maximum Gasteiger partial charge on any atom is 0.336 e. The van der Waals surface area contributed by atoms with Gasteiger partial charge in [0.25, 0.3) is 0 Å². The summed E-state index contributed by atoms with van der Waals surface area (Å²) >= 11 is 0. The highest BCUT2D eigenvalue weighted by molar-refractivity contribution is 5.80. The van der Waals surface area contributed by atoms with Gasteiger partial charge in [-0.1, -0.05) is 31.2 Å². The number of hydrogen-bond donors (Lipinski definition) is 1. The summed E-state index contributed by atoms with van der Waals surface area (Å²) in [4.78, 5) is 14.5. The van der Waals surface area contributed by atoms with Crippen LogP contribution < -0.4 is 15.7 Å². The Hall–Kier alpha value is -2.67. The van der Waals surface area contributed by atoms with E-state index in [1.54, 1.807) is 13.2 Å². The first-order valence-electron chi connectivity index (χ1n) is 10.9. The predicted molar refractivity (Wildman–Crippen MR) is 122 cm³/mol. The molecule has 1 aromatic heterocycles. The zero-order chi connectivity index (χ0) is 21.6. The Balaban J connectivity index is 1.52. The van der Waals surface area contributed by atoms with E-state index in [0.29, 0.717) is 12.1 Å². The second-order valence-corrected chi connectivity index (χ2v) is 7.84. The summed E-state index contributed by atoms with van der Waals surface area (Å²) in [6.07, 6.45) is 0.908. The topological polar surface area (TPSA) is 63.9 Å². The SMILES string of the molecule is CCc1ccc2c(CNC[C@H](c3ccc(OC)cc3)N3CCOCC3)cc(=O)oc2c1. The van der Waals surface area contributed by atoms with Gasteiger partial charge >= 0.3 is 5.63 Å². The number of rotatable bonds is 8. The number of ether oxygens (including phenoxy) is 2. The van der Waals surface area contributed by atoms with E-state index in [4.69, 9.17) is 13.9 Å². The van der Waals surface area contributed by atoms with Crippen molar-refractivity contribution in [1.82, 2.24) is 10.2 Å². The normalized spacial score (nSPS) is 15.8. The molecule has 1 fully saturated rings. The molecule has 1 aliphatic rings. The molecule has 1 saturated heterocycles. The van der Waals surface area contributed by atoms with Crippen molar-refractivity contribution in [2.75, 3.05) is 40.0 Å². The number of morpholine rings is 1. The molecule has 6 nitrogen and oxygen atoms in total. The molecule has 0 bridgehead atoms. The molecule has 0 radical (unpaired) electrons. The minimum Gasteiger partial charge on any atom is -0.497 e. The van der Waals surface area contributed by atoms with E-state index in [-0.39, 0.29) is 11.7 Å². The summed E-state index contributed by atoms with van der Waals surface area (Å²) in [5, 5.41) is 4.56. The maximum atomic E-state index is 12.1. The number of nitrogens with zero attached hydrogens (tertiary/aromatic N) is 1. The molecule has 2 heterocycles. The van der Waals surface area contributed by atoms with Crippen LogP contribution in [0.3, 0.4) is 0 Å². The van der Waals surface area contributed by atoms with Gasteiger partial charge in [0.2, 0.25) is 0 Å². The first-order chi connectivity index (χ1) is 15.2. The van der Waals surface area contributed by atoms with Crippen LogP contribution in [0.4, 0.5) is 0 Å². The van der Waals surface area contributed by atoms with E-state index >= 15 is 0 Å². The van der Waals surface area contributed by atoms with Crippen LogP contribution in [-0.2, 0) is 17.7 Å². The van der Waals surface area contributed by atoms with Gasteiger partial charge in [-0.25, -0.2) is 4.79 Å². The number of hydrogen-bond acceptors (Lipinski definition) is 6. The summed E-state index contributed by atoms with van der Waals surface area (Å²) in [6, 6.07) is 16.2. The molecular weight excluding hydrogens is 392 g/mol. The lowest BCUT2D eigenvalue weighted by Gasteiger charge is -2.35. The summed E-state index contributed by atoms with van der Waals surface area (Å²) in [5.74, 6) is 0.853. The largest absolute Gasteiger partial charge is 0.497 e. The van der Waals surface area contributed by atoms with Gasteiger partial charge in [0.05, 0.1) is 20.3 Å². The molecule has 31 heavy (non-hydrogen) atoms. The van der Waals surface area contributed by atoms with E-state index < -0.39 is 0 Å². The lowest BCUT2D eigenvalue weighted by Crippen LogP contribution is -2.42. The number of methoxy groups -OCH3 is 1. The van der Waals surface area contributed by atoms with E-state index in [0.717, 1.165) is 61.5 Å². The molecule has 0 saturated carbocycles. The quantitative estimate of drug-likeness (QED) is 0.561. The van der Waals surface area contributed by atoms with Crippen molar-refractivity contribution in [1.29, 1.82) is 0 Å². The van der Waals surface area contributed by atoms with E-state index in [2.05, 4.69) is 41.4 Å². The Bertz CT molecular complexity index is 1060. The van der Waals surface area contributed by atoms with Crippen molar-refractivity contribution >= 4 is 11.0 Å². The van der Waals surface area contributed by atoms with Crippen LogP contribution in [-0.4, -0.2) is 44.9 Å². The Kier molecular flexibility index (Phi) is 7.02. The lowest BCUT2D eigenvalue weighted by molar-refractivity contribution is 0.0161. The van der Waals surface area contributed by atoms with E-state index in [1.165, 1.54) is 5.56 Å². The Morgan fingerprint density at radius 2 is 1.87 bits per heavy atom. The number of benzene rings is 2. The van der Waals surface area contributed by atoms with Gasteiger partial charge in [0, 0.05) is 43.7 Å². The summed E-state index contributed by atoms with van der Waals surface area (Å²) in [7, 11) is 1.68. The molecule has 1 atom stereocenters. The predicted octanol–water partition coefficient (Wildman–Crippen LogP) is 3.53. The van der Waals surface area contributed by atoms with Crippen LogP contribution in [0.1, 0.15) is 29.7 Å². The molecule has 0 amide bonds. The summed E-state index contributed by atoms with van der Waals surface area (Å²) in [6.45, 7) is 6.75. The number of fused-ring (bicyclic) bond motifs is 1. The number of nitrogens with one attached hydrogen (secondary N) is 1. The van der Waals surface area contributed by atoms with Gasteiger partial charge in [-0.3, -0.25) is 4.90 Å². The molecule has 0 aliphatic carbocycles. The van der Waals surface area contributed by atoms with Crippen molar-refractivity contribution in [3.8, 4) is 5.75 Å². The molecule has 2 aromatic carbocycles. The van der Waals surface area contributed by atoms with Gasteiger partial charge in [0.1, 0.15) is 11.3 Å². The van der Waals surface area contributed by atoms with Gasteiger partial charge < -0.3 is 19.2 Å². The monoisotopic (exact) mass is 422 g/mol. The molecule has 0 unspecified atom stereocenters. The van der Waals surface area contributed by atoms with Crippen LogP contribution >= 0.6 is 0 Å². The average Bonchev–Trinajstić information content (AvgIpc) is 2.82. The van der Waals surface area contributed by atoms with Gasteiger partial charge in [-0.2, -0.15) is 0 Å². The van der Waals surface area contributed by atoms with Crippen molar-refractivity contribution in [2.24, 2.45) is 0 Å². The van der Waals surface area contributed by atoms with Gasteiger partial charge in [-0.05, 0) is 41.3 Å². The Labute approximate surface area is 182 Å². The zero-order valence-electron chi connectivity index (χ0n) is 18.2. The average molecular weight is 423 g/mol. The Morgan fingerprint density at radius 1 is 1.10 bits per heavy atom. The van der Waals surface area contributed by atoms with Crippen molar-refractivity contribution in [3.63, 3.8) is 0 Å². The molecule has 1 aliphatic heterocycles. The van der Waals surface area contributed by atoms with Gasteiger partial charge in [0.15, 0.2) is 0 Å². The third-order valence-corrected chi connectivity index (χ3v) is 5.94.